The molecule has 1 atom stereocenters. The minimum Gasteiger partial charge on any atom is -0.347 e. The number of H-pyrrole nitrogens is 1. The molecule has 0 bridgehead atoms. The molecule has 0 saturated heterocycles. The molecule has 0 aliphatic heterocycles. The maximum absolute atomic E-state index is 6.01. The first-order valence-corrected chi connectivity index (χ1v) is 5.13. The van der Waals surface area contributed by atoms with Crippen molar-refractivity contribution >= 4 is 23.2 Å². The Balaban J connectivity index is 2.34. The lowest BCUT2D eigenvalue weighted by Gasteiger charge is -2.10. The monoisotopic (exact) mass is 241 g/mol. The first-order valence-electron chi connectivity index (χ1n) is 4.37. The summed E-state index contributed by atoms with van der Waals surface area (Å²) in [6.07, 6.45) is 3.28. The Labute approximate surface area is 97.2 Å². The fourth-order valence-electron chi connectivity index (χ4n) is 1.32. The maximum Gasteiger partial charge on any atom is 0.0922 e. The molecule has 2 rings (SSSR count). The molecule has 15 heavy (non-hydrogen) atoms. The van der Waals surface area contributed by atoms with Gasteiger partial charge >= 0.3 is 0 Å². The highest BCUT2D eigenvalue weighted by Crippen LogP contribution is 2.26. The summed E-state index contributed by atoms with van der Waals surface area (Å²) < 4.78 is 0. The number of benzene rings is 1. The molecule has 1 aromatic heterocycles. The highest BCUT2D eigenvalue weighted by molar-refractivity contribution is 6.42. The van der Waals surface area contributed by atoms with E-state index in [0.29, 0.717) is 10.0 Å². The van der Waals surface area contributed by atoms with E-state index in [4.69, 9.17) is 28.9 Å². The molecule has 1 aromatic carbocycles. The second kappa shape index (κ2) is 4.23. The molecule has 0 spiro atoms. The molecule has 1 heterocycles. The third-order valence-corrected chi connectivity index (χ3v) is 2.90. The van der Waals surface area contributed by atoms with Crippen molar-refractivity contribution in [2.75, 3.05) is 0 Å². The number of hydrogen-bond donors (Lipinski definition) is 2. The summed E-state index contributed by atoms with van der Waals surface area (Å²) in [5.41, 5.74) is 7.74. The van der Waals surface area contributed by atoms with Gasteiger partial charge in [-0.3, -0.25) is 0 Å². The third kappa shape index (κ3) is 2.15. The number of hydrogen-bond acceptors (Lipinski definition) is 2. The van der Waals surface area contributed by atoms with Gasteiger partial charge in [0.2, 0.25) is 0 Å². The standard InChI is InChI=1S/C10H9Cl2N3/c11-7-2-1-6(3-8(7)12)10(13)9-4-14-5-15-9/h1-5,10H,13H2,(H,14,15). The van der Waals surface area contributed by atoms with Gasteiger partial charge in [-0.15, -0.1) is 0 Å². The Bertz CT molecular complexity index is 454. The van der Waals surface area contributed by atoms with Crippen LogP contribution in [0.5, 0.6) is 0 Å². The number of nitrogens with two attached hydrogens (primary N) is 1. The quantitative estimate of drug-likeness (QED) is 0.850. The Kier molecular flexibility index (Phi) is 2.95. The molecule has 0 aliphatic rings. The number of nitrogens with zero attached hydrogens (tertiary/aromatic N) is 1. The van der Waals surface area contributed by atoms with Gasteiger partial charge in [-0.1, -0.05) is 29.3 Å². The van der Waals surface area contributed by atoms with Crippen LogP contribution in [0.3, 0.4) is 0 Å². The van der Waals surface area contributed by atoms with Gasteiger partial charge in [0, 0.05) is 6.20 Å². The molecule has 0 radical (unpaired) electrons. The zero-order valence-electron chi connectivity index (χ0n) is 7.74. The minimum absolute atomic E-state index is 0.262. The number of nitrogens with one attached hydrogen (secondary N) is 1. The zero-order valence-corrected chi connectivity index (χ0v) is 9.26. The van der Waals surface area contributed by atoms with Crippen LogP contribution in [0.15, 0.2) is 30.7 Å². The molecule has 3 nitrogen and oxygen atoms in total. The highest BCUT2D eigenvalue weighted by Gasteiger charge is 2.11. The number of aromatic nitrogens is 2. The summed E-state index contributed by atoms with van der Waals surface area (Å²) in [5, 5.41) is 1.03. The van der Waals surface area contributed by atoms with E-state index in [1.165, 1.54) is 0 Å². The van der Waals surface area contributed by atoms with Gasteiger partial charge in [-0.25, -0.2) is 4.98 Å². The Morgan fingerprint density at radius 2 is 2.07 bits per heavy atom. The topological polar surface area (TPSA) is 54.7 Å². The number of halogens is 2. The lowest BCUT2D eigenvalue weighted by atomic mass is 10.1. The second-order valence-corrected chi connectivity index (χ2v) is 3.97. The van der Waals surface area contributed by atoms with E-state index in [0.717, 1.165) is 11.3 Å². The lowest BCUT2D eigenvalue weighted by Crippen LogP contribution is -2.12. The second-order valence-electron chi connectivity index (χ2n) is 3.16. The van der Waals surface area contributed by atoms with Crippen molar-refractivity contribution in [2.24, 2.45) is 5.73 Å². The molecule has 5 heteroatoms. The van der Waals surface area contributed by atoms with Crippen molar-refractivity contribution in [1.29, 1.82) is 0 Å². The summed E-state index contributed by atoms with van der Waals surface area (Å²) >= 11 is 11.7. The van der Waals surface area contributed by atoms with E-state index < -0.39 is 0 Å². The maximum atomic E-state index is 6.01. The first kappa shape index (κ1) is 10.5. The Morgan fingerprint density at radius 3 is 2.67 bits per heavy atom. The molecule has 0 amide bonds. The summed E-state index contributed by atoms with van der Waals surface area (Å²) in [5.74, 6) is 0. The number of imidazole rings is 1. The normalized spacial score (nSPS) is 12.7. The molecule has 1 unspecified atom stereocenters. The first-order chi connectivity index (χ1) is 7.18. The van der Waals surface area contributed by atoms with Crippen LogP contribution in [0.25, 0.3) is 0 Å². The van der Waals surface area contributed by atoms with Crippen molar-refractivity contribution in [2.45, 2.75) is 6.04 Å². The van der Waals surface area contributed by atoms with Crippen LogP contribution in [-0.4, -0.2) is 9.97 Å². The molecule has 2 aromatic rings. The molecular weight excluding hydrogens is 233 g/mol. The van der Waals surface area contributed by atoms with E-state index >= 15 is 0 Å². The summed E-state index contributed by atoms with van der Waals surface area (Å²) in [6, 6.07) is 5.08. The molecular formula is C10H9Cl2N3. The van der Waals surface area contributed by atoms with Gasteiger partial charge in [0.15, 0.2) is 0 Å². The zero-order chi connectivity index (χ0) is 10.8. The average Bonchev–Trinajstić information content (AvgIpc) is 2.74. The van der Waals surface area contributed by atoms with Crippen LogP contribution in [-0.2, 0) is 0 Å². The third-order valence-electron chi connectivity index (χ3n) is 2.16. The van der Waals surface area contributed by atoms with Crippen LogP contribution < -0.4 is 5.73 Å². The van der Waals surface area contributed by atoms with Crippen LogP contribution >= 0.6 is 23.2 Å². The molecule has 0 aliphatic carbocycles. The lowest BCUT2D eigenvalue weighted by molar-refractivity contribution is 0.838. The van der Waals surface area contributed by atoms with Crippen LogP contribution in [0.4, 0.5) is 0 Å². The fraction of sp³-hybridized carbons (Fsp3) is 0.100. The number of rotatable bonds is 2. The molecule has 0 fully saturated rings. The predicted octanol–water partition coefficient (Wildman–Crippen LogP) is 2.76. The van der Waals surface area contributed by atoms with Crippen molar-refractivity contribution in [3.63, 3.8) is 0 Å². The SMILES string of the molecule is NC(c1ccc(Cl)c(Cl)c1)c1cnc[nH]1. The Morgan fingerprint density at radius 1 is 1.27 bits per heavy atom. The van der Waals surface area contributed by atoms with Gasteiger partial charge < -0.3 is 10.7 Å². The van der Waals surface area contributed by atoms with Gasteiger partial charge in [-0.05, 0) is 17.7 Å². The fourth-order valence-corrected chi connectivity index (χ4v) is 1.63. The minimum atomic E-state index is -0.262. The summed E-state index contributed by atoms with van der Waals surface area (Å²) in [6.45, 7) is 0. The van der Waals surface area contributed by atoms with Crippen molar-refractivity contribution in [3.05, 3.63) is 52.0 Å². The van der Waals surface area contributed by atoms with E-state index in [2.05, 4.69) is 9.97 Å². The average molecular weight is 242 g/mol. The highest BCUT2D eigenvalue weighted by atomic mass is 35.5. The van der Waals surface area contributed by atoms with Crippen LogP contribution in [0.1, 0.15) is 17.3 Å². The summed E-state index contributed by atoms with van der Waals surface area (Å²) in [7, 11) is 0. The van der Waals surface area contributed by atoms with Gasteiger partial charge in [-0.2, -0.15) is 0 Å². The van der Waals surface area contributed by atoms with Crippen molar-refractivity contribution in [3.8, 4) is 0 Å². The van der Waals surface area contributed by atoms with Crippen LogP contribution in [0, 0.1) is 0 Å². The van der Waals surface area contributed by atoms with Crippen molar-refractivity contribution < 1.29 is 0 Å². The van der Waals surface area contributed by atoms with Gasteiger partial charge in [0.1, 0.15) is 0 Å². The van der Waals surface area contributed by atoms with Gasteiger partial charge in [0.05, 0.1) is 28.1 Å². The summed E-state index contributed by atoms with van der Waals surface area (Å²) in [4.78, 5) is 6.87. The number of aromatic amines is 1. The van der Waals surface area contributed by atoms with E-state index in [1.807, 2.05) is 6.07 Å². The molecule has 78 valence electrons. The predicted molar refractivity (Wildman–Crippen MR) is 61.1 cm³/mol. The van der Waals surface area contributed by atoms with E-state index in [9.17, 15) is 0 Å². The van der Waals surface area contributed by atoms with Gasteiger partial charge in [0.25, 0.3) is 0 Å². The van der Waals surface area contributed by atoms with Crippen molar-refractivity contribution in [1.82, 2.24) is 9.97 Å². The van der Waals surface area contributed by atoms with Crippen LogP contribution in [0.2, 0.25) is 10.0 Å². The molecule has 0 saturated carbocycles. The van der Waals surface area contributed by atoms with E-state index in [-0.39, 0.29) is 6.04 Å². The smallest absolute Gasteiger partial charge is 0.0922 e. The Hall–Kier alpha value is -1.03. The largest absolute Gasteiger partial charge is 0.347 e. The van der Waals surface area contributed by atoms with E-state index in [1.54, 1.807) is 24.7 Å². The molecule has 3 N–H and O–H groups in total.